The fourth-order valence-electron chi connectivity index (χ4n) is 2.34. The van der Waals surface area contributed by atoms with Gasteiger partial charge in [0.05, 0.1) is 0 Å². The molecule has 1 aliphatic carbocycles. The van der Waals surface area contributed by atoms with Crippen molar-refractivity contribution in [1.82, 2.24) is 9.55 Å². The Morgan fingerprint density at radius 3 is 3.19 bits per heavy atom. The monoisotopic (exact) mass is 237 g/mol. The lowest BCUT2D eigenvalue weighted by Crippen LogP contribution is -2.28. The molecule has 1 unspecified atom stereocenters. The minimum atomic E-state index is 0.417. The fourth-order valence-corrected chi connectivity index (χ4v) is 3.58. The van der Waals surface area contributed by atoms with Crippen LogP contribution in [0.1, 0.15) is 38.6 Å². The molecule has 1 aromatic heterocycles. The summed E-state index contributed by atoms with van der Waals surface area (Å²) in [5.41, 5.74) is 0. The first kappa shape index (κ1) is 10.5. The molecule has 0 aromatic carbocycles. The molecule has 1 N–H and O–H groups in total. The van der Waals surface area contributed by atoms with Crippen molar-refractivity contribution in [3.63, 3.8) is 0 Å². The van der Waals surface area contributed by atoms with E-state index in [1.165, 1.54) is 31.4 Å². The van der Waals surface area contributed by atoms with Crippen molar-refractivity contribution in [2.45, 2.75) is 43.4 Å². The zero-order valence-corrected chi connectivity index (χ0v) is 10.6. The van der Waals surface area contributed by atoms with Crippen LogP contribution in [0, 0.1) is 0 Å². The molecule has 0 spiro atoms. The summed E-state index contributed by atoms with van der Waals surface area (Å²) in [6, 6.07) is 0.717. The average molecular weight is 237 g/mol. The molecule has 2 fully saturated rings. The van der Waals surface area contributed by atoms with E-state index in [1.807, 2.05) is 6.20 Å². The molecule has 0 amide bonds. The van der Waals surface area contributed by atoms with Gasteiger partial charge >= 0.3 is 0 Å². The largest absolute Gasteiger partial charge is 0.354 e. The van der Waals surface area contributed by atoms with Crippen LogP contribution in [0.2, 0.25) is 0 Å². The van der Waals surface area contributed by atoms with Crippen molar-refractivity contribution >= 4 is 17.7 Å². The van der Waals surface area contributed by atoms with Crippen molar-refractivity contribution < 1.29 is 0 Å². The van der Waals surface area contributed by atoms with E-state index in [4.69, 9.17) is 0 Å². The second-order valence-electron chi connectivity index (χ2n) is 5.14. The normalized spacial score (nSPS) is 29.6. The van der Waals surface area contributed by atoms with E-state index < -0.39 is 0 Å². The lowest BCUT2D eigenvalue weighted by molar-refractivity contribution is 0.627. The van der Waals surface area contributed by atoms with Gasteiger partial charge in [-0.2, -0.15) is 11.8 Å². The van der Waals surface area contributed by atoms with Crippen molar-refractivity contribution in [3.05, 3.63) is 12.4 Å². The Morgan fingerprint density at radius 1 is 1.62 bits per heavy atom. The molecule has 4 heteroatoms. The van der Waals surface area contributed by atoms with Crippen molar-refractivity contribution in [2.75, 3.05) is 17.6 Å². The first-order valence-corrected chi connectivity index (χ1v) is 7.16. The molecule has 1 saturated carbocycles. The predicted octanol–water partition coefficient (Wildman–Crippen LogP) is 2.92. The number of thioether (sulfide) groups is 1. The van der Waals surface area contributed by atoms with E-state index in [0.29, 0.717) is 10.8 Å². The quantitative estimate of drug-likeness (QED) is 0.873. The van der Waals surface area contributed by atoms with Crippen molar-refractivity contribution in [2.24, 2.45) is 0 Å². The van der Waals surface area contributed by atoms with Crippen LogP contribution in [-0.2, 0) is 0 Å². The molecular formula is C12H19N3S. The third-order valence-corrected chi connectivity index (χ3v) is 5.07. The SMILES string of the molecule is CC1(CNc2nccn2C2CC2)CCCS1. The highest BCUT2D eigenvalue weighted by Crippen LogP contribution is 2.39. The Morgan fingerprint density at radius 2 is 2.50 bits per heavy atom. The summed E-state index contributed by atoms with van der Waals surface area (Å²) < 4.78 is 2.71. The van der Waals surface area contributed by atoms with Crippen LogP contribution in [0.3, 0.4) is 0 Å². The number of nitrogens with zero attached hydrogens (tertiary/aromatic N) is 2. The second-order valence-corrected chi connectivity index (χ2v) is 6.83. The molecule has 2 heterocycles. The first-order chi connectivity index (χ1) is 7.77. The average Bonchev–Trinajstić information content (AvgIpc) is 2.86. The maximum absolute atomic E-state index is 4.41. The third-order valence-electron chi connectivity index (χ3n) is 3.53. The summed E-state index contributed by atoms with van der Waals surface area (Å²) in [6.07, 6.45) is 9.33. The van der Waals surface area contributed by atoms with Gasteiger partial charge in [-0.05, 0) is 38.4 Å². The highest BCUT2D eigenvalue weighted by molar-refractivity contribution is 8.00. The fraction of sp³-hybridized carbons (Fsp3) is 0.750. The molecule has 0 bridgehead atoms. The van der Waals surface area contributed by atoms with Crippen LogP contribution in [0.5, 0.6) is 0 Å². The van der Waals surface area contributed by atoms with E-state index in [1.54, 1.807) is 0 Å². The lowest BCUT2D eigenvalue weighted by Gasteiger charge is -2.23. The van der Waals surface area contributed by atoms with Gasteiger partial charge < -0.3 is 9.88 Å². The summed E-state index contributed by atoms with van der Waals surface area (Å²) >= 11 is 2.10. The van der Waals surface area contributed by atoms with Gasteiger partial charge in [0.15, 0.2) is 0 Å². The summed E-state index contributed by atoms with van der Waals surface area (Å²) in [6.45, 7) is 3.41. The van der Waals surface area contributed by atoms with Gasteiger partial charge in [0.2, 0.25) is 5.95 Å². The van der Waals surface area contributed by atoms with Crippen LogP contribution in [0.4, 0.5) is 5.95 Å². The molecule has 3 nitrogen and oxygen atoms in total. The third kappa shape index (κ3) is 2.08. The number of imidazole rings is 1. The topological polar surface area (TPSA) is 29.9 Å². The summed E-state index contributed by atoms with van der Waals surface area (Å²) in [4.78, 5) is 4.41. The highest BCUT2D eigenvalue weighted by atomic mass is 32.2. The summed E-state index contributed by atoms with van der Waals surface area (Å²) in [5, 5.41) is 3.53. The summed E-state index contributed by atoms with van der Waals surface area (Å²) in [5.74, 6) is 2.38. The minimum Gasteiger partial charge on any atom is -0.354 e. The maximum Gasteiger partial charge on any atom is 0.203 e. The Kier molecular flexibility index (Phi) is 2.62. The standard InChI is InChI=1S/C12H19N3S/c1-12(5-2-8-16-12)9-14-11-13-6-7-15(11)10-3-4-10/h6-7,10H,2-5,8-9H2,1H3,(H,13,14). The number of hydrogen-bond acceptors (Lipinski definition) is 3. The van der Waals surface area contributed by atoms with Crippen LogP contribution in [-0.4, -0.2) is 26.6 Å². The molecule has 1 atom stereocenters. The number of hydrogen-bond donors (Lipinski definition) is 1. The molecule has 3 rings (SSSR count). The molecule has 1 aromatic rings. The van der Waals surface area contributed by atoms with Gasteiger partial charge in [-0.15, -0.1) is 0 Å². The Hall–Kier alpha value is -0.640. The number of rotatable bonds is 4. The molecule has 88 valence electrons. The van der Waals surface area contributed by atoms with E-state index >= 15 is 0 Å². The molecule has 1 saturated heterocycles. The van der Waals surface area contributed by atoms with Gasteiger partial charge in [0.25, 0.3) is 0 Å². The van der Waals surface area contributed by atoms with Gasteiger partial charge in [0, 0.05) is 29.7 Å². The zero-order chi connectivity index (χ0) is 11.0. The van der Waals surface area contributed by atoms with Gasteiger partial charge in [-0.1, -0.05) is 0 Å². The molecule has 16 heavy (non-hydrogen) atoms. The maximum atomic E-state index is 4.41. The number of anilines is 1. The first-order valence-electron chi connectivity index (χ1n) is 6.18. The smallest absolute Gasteiger partial charge is 0.203 e. The number of aromatic nitrogens is 2. The Balaban J connectivity index is 1.63. The highest BCUT2D eigenvalue weighted by Gasteiger charge is 2.30. The van der Waals surface area contributed by atoms with E-state index in [-0.39, 0.29) is 0 Å². The number of nitrogens with one attached hydrogen (secondary N) is 1. The Bertz CT molecular complexity index is 364. The van der Waals surface area contributed by atoms with Crippen LogP contribution < -0.4 is 5.32 Å². The van der Waals surface area contributed by atoms with Gasteiger partial charge in [-0.3, -0.25) is 0 Å². The van der Waals surface area contributed by atoms with E-state index in [2.05, 4.69) is 39.8 Å². The molecule has 2 aliphatic rings. The molecule has 0 radical (unpaired) electrons. The van der Waals surface area contributed by atoms with Crippen molar-refractivity contribution in [3.8, 4) is 0 Å². The van der Waals surface area contributed by atoms with E-state index in [0.717, 1.165) is 12.5 Å². The Labute approximate surface area is 101 Å². The predicted molar refractivity (Wildman–Crippen MR) is 69.1 cm³/mol. The summed E-state index contributed by atoms with van der Waals surface area (Å²) in [7, 11) is 0. The minimum absolute atomic E-state index is 0.417. The van der Waals surface area contributed by atoms with Crippen molar-refractivity contribution in [1.29, 1.82) is 0 Å². The van der Waals surface area contributed by atoms with Gasteiger partial charge in [-0.25, -0.2) is 4.98 Å². The zero-order valence-electron chi connectivity index (χ0n) is 9.78. The van der Waals surface area contributed by atoms with E-state index in [9.17, 15) is 0 Å². The van der Waals surface area contributed by atoms with Crippen LogP contribution in [0.15, 0.2) is 12.4 Å². The lowest BCUT2D eigenvalue weighted by atomic mass is 10.1. The molecular weight excluding hydrogens is 218 g/mol. The molecule has 1 aliphatic heterocycles. The van der Waals surface area contributed by atoms with Crippen LogP contribution in [0.25, 0.3) is 0 Å². The van der Waals surface area contributed by atoms with Crippen LogP contribution >= 0.6 is 11.8 Å². The van der Waals surface area contributed by atoms with Gasteiger partial charge in [0.1, 0.15) is 0 Å². The second kappa shape index (κ2) is 3.99.